The molecule has 0 bridgehead atoms. The van der Waals surface area contributed by atoms with Crippen molar-refractivity contribution >= 4 is 17.9 Å². The van der Waals surface area contributed by atoms with Crippen LogP contribution in [-0.4, -0.2) is 71.5 Å². The highest BCUT2D eigenvalue weighted by Crippen LogP contribution is 2.22. The predicted molar refractivity (Wildman–Crippen MR) is 124 cm³/mol. The second kappa shape index (κ2) is 14.4. The lowest BCUT2D eigenvalue weighted by atomic mass is 9.94. The smallest absolute Gasteiger partial charge is 0.417 e. The Hall–Kier alpha value is -1.71. The van der Waals surface area contributed by atoms with E-state index in [9.17, 15) is 19.5 Å². The van der Waals surface area contributed by atoms with E-state index in [1.165, 1.54) is 0 Å². The summed E-state index contributed by atoms with van der Waals surface area (Å²) < 4.78 is 10.7. The van der Waals surface area contributed by atoms with Crippen LogP contribution < -0.4 is 11.1 Å². The molecule has 0 aliphatic carbocycles. The van der Waals surface area contributed by atoms with Crippen molar-refractivity contribution in [3.63, 3.8) is 0 Å². The zero-order valence-corrected chi connectivity index (χ0v) is 21.1. The zero-order chi connectivity index (χ0) is 25.1. The van der Waals surface area contributed by atoms with Crippen LogP contribution in [-0.2, 0) is 19.1 Å². The minimum absolute atomic E-state index is 0.0368. The number of amides is 3. The van der Waals surface area contributed by atoms with Gasteiger partial charge in [0.2, 0.25) is 11.8 Å². The largest absolute Gasteiger partial charge is 0.443 e. The van der Waals surface area contributed by atoms with Crippen LogP contribution in [0.5, 0.6) is 0 Å². The fraction of sp³-hybridized carbons (Fsp3) is 0.870. The third kappa shape index (κ3) is 12.4. The number of aliphatic hydroxyl groups excluding tert-OH is 1. The van der Waals surface area contributed by atoms with E-state index in [4.69, 9.17) is 15.2 Å². The summed E-state index contributed by atoms with van der Waals surface area (Å²) in [7, 11) is 0. The van der Waals surface area contributed by atoms with Crippen molar-refractivity contribution < 1.29 is 29.0 Å². The lowest BCUT2D eigenvalue weighted by Crippen LogP contribution is -2.57. The van der Waals surface area contributed by atoms with Crippen LogP contribution >= 0.6 is 0 Å². The number of hydrogen-bond donors (Lipinski definition) is 3. The second-order valence-electron chi connectivity index (χ2n) is 9.94. The van der Waals surface area contributed by atoms with Crippen LogP contribution in [0.3, 0.4) is 0 Å². The number of nitrogens with two attached hydrogens (primary N) is 1. The normalized spacial score (nSPS) is 14.8. The number of imide groups is 1. The first-order valence-electron chi connectivity index (χ1n) is 11.5. The quantitative estimate of drug-likeness (QED) is 0.360. The van der Waals surface area contributed by atoms with Crippen LogP contribution in [0.2, 0.25) is 0 Å². The molecule has 0 aromatic carbocycles. The van der Waals surface area contributed by atoms with Crippen molar-refractivity contribution in [2.75, 3.05) is 19.8 Å². The van der Waals surface area contributed by atoms with Crippen LogP contribution in [0, 0.1) is 11.8 Å². The van der Waals surface area contributed by atoms with Gasteiger partial charge in [-0.2, -0.15) is 0 Å². The van der Waals surface area contributed by atoms with Gasteiger partial charge >= 0.3 is 6.09 Å². The van der Waals surface area contributed by atoms with Crippen molar-refractivity contribution in [2.45, 2.75) is 98.4 Å². The topological polar surface area (TPSA) is 131 Å². The lowest BCUT2D eigenvalue weighted by Gasteiger charge is -2.36. The van der Waals surface area contributed by atoms with Gasteiger partial charge in [0.25, 0.3) is 0 Å². The highest BCUT2D eigenvalue weighted by atomic mass is 16.6. The van der Waals surface area contributed by atoms with E-state index in [1.54, 1.807) is 20.8 Å². The number of nitrogens with zero attached hydrogens (tertiary/aromatic N) is 1. The third-order valence-electron chi connectivity index (χ3n) is 4.53. The Balaban J connectivity index is 5.76. The zero-order valence-electron chi connectivity index (χ0n) is 21.1. The van der Waals surface area contributed by atoms with Crippen LogP contribution in [0.1, 0.15) is 74.7 Å². The number of carbonyl (C=O) groups excluding carboxylic acids is 3. The monoisotopic (exact) mass is 459 g/mol. The Bertz CT molecular complexity index is 589. The molecule has 0 saturated heterocycles. The number of rotatable bonds is 13. The third-order valence-corrected chi connectivity index (χ3v) is 4.53. The average molecular weight is 460 g/mol. The van der Waals surface area contributed by atoms with Gasteiger partial charge in [-0.1, -0.05) is 27.7 Å². The number of nitrogens with one attached hydrogen (secondary N) is 1. The maximum Gasteiger partial charge on any atom is 0.417 e. The van der Waals surface area contributed by atoms with Crippen molar-refractivity contribution in [3.05, 3.63) is 0 Å². The molecule has 0 spiro atoms. The van der Waals surface area contributed by atoms with E-state index in [0.29, 0.717) is 32.6 Å². The highest BCUT2D eigenvalue weighted by molar-refractivity contribution is 5.95. The summed E-state index contributed by atoms with van der Waals surface area (Å²) in [6, 6.07) is -1.88. The van der Waals surface area contributed by atoms with Crippen molar-refractivity contribution in [2.24, 2.45) is 17.6 Å². The molecular formula is C23H45N3O6. The Labute approximate surface area is 193 Å². The second-order valence-corrected chi connectivity index (χ2v) is 9.94. The summed E-state index contributed by atoms with van der Waals surface area (Å²) in [6.07, 6.45) is -1.74. The van der Waals surface area contributed by atoms with E-state index in [2.05, 4.69) is 5.32 Å². The van der Waals surface area contributed by atoms with Gasteiger partial charge in [-0.3, -0.25) is 9.59 Å². The molecule has 4 N–H and O–H groups in total. The van der Waals surface area contributed by atoms with Gasteiger partial charge in [0.15, 0.2) is 0 Å². The first kappa shape index (κ1) is 30.3. The van der Waals surface area contributed by atoms with Crippen LogP contribution in [0.25, 0.3) is 0 Å². The van der Waals surface area contributed by atoms with E-state index in [-0.39, 0.29) is 18.3 Å². The van der Waals surface area contributed by atoms with E-state index < -0.39 is 41.7 Å². The summed E-state index contributed by atoms with van der Waals surface area (Å²) in [5.74, 6) is -0.836. The molecule has 0 aromatic rings. The Morgan fingerprint density at radius 1 is 1.06 bits per heavy atom. The fourth-order valence-corrected chi connectivity index (χ4v) is 3.21. The molecule has 9 nitrogen and oxygen atoms in total. The molecule has 3 amide bonds. The standard InChI is InChI=1S/C23H45N3O6/c1-9-31-11-10-25-20(28)14-19(27)18(13-16(4)5)26(22(30)32-23(6,7)8)21(29)17(24)12-15(2)3/h15-19,27H,9-14,24H2,1-8H3,(H,25,28)/t17-,18-,19-/m0/s1. The molecule has 0 aliphatic heterocycles. The molecule has 0 aliphatic rings. The molecule has 0 radical (unpaired) electrons. The first-order chi connectivity index (χ1) is 14.7. The highest BCUT2D eigenvalue weighted by Gasteiger charge is 2.40. The average Bonchev–Trinajstić information content (AvgIpc) is 2.62. The molecule has 0 heterocycles. The maximum absolute atomic E-state index is 13.2. The summed E-state index contributed by atoms with van der Waals surface area (Å²) in [5.41, 5.74) is 5.27. The van der Waals surface area contributed by atoms with E-state index in [1.807, 2.05) is 34.6 Å². The van der Waals surface area contributed by atoms with Gasteiger partial charge in [-0.15, -0.1) is 0 Å². The number of carbonyl (C=O) groups is 3. The van der Waals surface area contributed by atoms with Crippen molar-refractivity contribution in [3.8, 4) is 0 Å². The Morgan fingerprint density at radius 2 is 1.62 bits per heavy atom. The molecule has 9 heteroatoms. The van der Waals surface area contributed by atoms with Gasteiger partial charge < -0.3 is 25.6 Å². The van der Waals surface area contributed by atoms with Gasteiger partial charge in [0.1, 0.15) is 5.60 Å². The van der Waals surface area contributed by atoms with Gasteiger partial charge in [-0.25, -0.2) is 9.69 Å². The van der Waals surface area contributed by atoms with Crippen molar-refractivity contribution in [1.82, 2.24) is 10.2 Å². The SMILES string of the molecule is CCOCCNC(=O)C[C@H](O)[C@H](CC(C)C)N(C(=O)OC(C)(C)C)C(=O)[C@@H](N)CC(C)C. The fourth-order valence-electron chi connectivity index (χ4n) is 3.21. The first-order valence-corrected chi connectivity index (χ1v) is 11.5. The molecule has 0 rings (SSSR count). The predicted octanol–water partition coefficient (Wildman–Crippen LogP) is 2.44. The lowest BCUT2D eigenvalue weighted by molar-refractivity contribution is -0.139. The van der Waals surface area contributed by atoms with E-state index >= 15 is 0 Å². The van der Waals surface area contributed by atoms with Crippen LogP contribution in [0.15, 0.2) is 0 Å². The molecule has 0 unspecified atom stereocenters. The molecule has 0 aromatic heterocycles. The maximum atomic E-state index is 13.2. The summed E-state index contributed by atoms with van der Waals surface area (Å²) in [6.45, 7) is 15.8. The molecule has 0 fully saturated rings. The van der Waals surface area contributed by atoms with Crippen LogP contribution in [0.4, 0.5) is 4.79 Å². The number of aliphatic hydroxyl groups is 1. The Morgan fingerprint density at radius 3 is 2.09 bits per heavy atom. The number of hydrogen-bond acceptors (Lipinski definition) is 7. The summed E-state index contributed by atoms with van der Waals surface area (Å²) in [4.78, 5) is 39.5. The van der Waals surface area contributed by atoms with Gasteiger partial charge in [0.05, 0.1) is 31.2 Å². The summed E-state index contributed by atoms with van der Waals surface area (Å²) in [5, 5.41) is 13.6. The number of ether oxygens (including phenoxy) is 2. The molecule has 188 valence electrons. The summed E-state index contributed by atoms with van der Waals surface area (Å²) >= 11 is 0. The van der Waals surface area contributed by atoms with Crippen molar-refractivity contribution in [1.29, 1.82) is 0 Å². The minimum atomic E-state index is -1.27. The molecule has 32 heavy (non-hydrogen) atoms. The van der Waals surface area contributed by atoms with E-state index in [0.717, 1.165) is 4.90 Å². The Kier molecular flexibility index (Phi) is 13.7. The molecule has 0 saturated carbocycles. The van der Waals surface area contributed by atoms with Gasteiger partial charge in [-0.05, 0) is 52.4 Å². The van der Waals surface area contributed by atoms with Gasteiger partial charge in [0, 0.05) is 13.2 Å². The minimum Gasteiger partial charge on any atom is -0.443 e. The molecular weight excluding hydrogens is 414 g/mol. The molecule has 3 atom stereocenters.